The molecule has 0 aromatic heterocycles. The highest BCUT2D eigenvalue weighted by Crippen LogP contribution is 2.21. The highest BCUT2D eigenvalue weighted by Gasteiger charge is 2.08. The van der Waals surface area contributed by atoms with Crippen LogP contribution >= 0.6 is 0 Å². The fourth-order valence-corrected chi connectivity index (χ4v) is 2.46. The van der Waals surface area contributed by atoms with E-state index in [0.717, 1.165) is 42.6 Å². The van der Waals surface area contributed by atoms with E-state index < -0.39 is 0 Å². The van der Waals surface area contributed by atoms with E-state index in [4.69, 9.17) is 11.2 Å². The summed E-state index contributed by atoms with van der Waals surface area (Å²) in [4.78, 5) is 12.3. The Morgan fingerprint density at radius 2 is 1.96 bits per heavy atom. The number of benzene rings is 2. The Morgan fingerprint density at radius 3 is 2.65 bits per heavy atom. The van der Waals surface area contributed by atoms with Crippen molar-refractivity contribution in [2.45, 2.75) is 32.6 Å². The van der Waals surface area contributed by atoms with E-state index in [-0.39, 0.29) is 11.5 Å². The van der Waals surface area contributed by atoms with Crippen molar-refractivity contribution in [1.29, 1.82) is 0 Å². The summed E-state index contributed by atoms with van der Waals surface area (Å²) in [5.41, 5.74) is 2.24. The zero-order valence-electron chi connectivity index (χ0n) is 15.1. The Kier molecular flexibility index (Phi) is 7.51. The van der Waals surface area contributed by atoms with Gasteiger partial charge in [-0.2, -0.15) is 0 Å². The first-order valence-corrected chi connectivity index (χ1v) is 8.84. The third kappa shape index (κ3) is 5.82. The molecule has 2 aromatic rings. The summed E-state index contributed by atoms with van der Waals surface area (Å²) >= 11 is 0. The lowest BCUT2D eigenvalue weighted by molar-refractivity contribution is 0.104. The normalized spacial score (nSPS) is 10.6. The van der Waals surface area contributed by atoms with E-state index in [1.807, 2.05) is 37.3 Å². The van der Waals surface area contributed by atoms with Crippen molar-refractivity contribution in [2.75, 3.05) is 6.61 Å². The van der Waals surface area contributed by atoms with Crippen LogP contribution in [-0.2, 0) is 6.42 Å². The molecule has 0 amide bonds. The van der Waals surface area contributed by atoms with Gasteiger partial charge in [0.1, 0.15) is 11.5 Å². The maximum absolute atomic E-state index is 12.3. The minimum Gasteiger partial charge on any atom is -0.507 e. The maximum atomic E-state index is 12.3. The monoisotopic (exact) mass is 348 g/mol. The quantitative estimate of drug-likeness (QED) is 0.299. The van der Waals surface area contributed by atoms with Gasteiger partial charge in [0.2, 0.25) is 0 Å². The summed E-state index contributed by atoms with van der Waals surface area (Å²) in [6.45, 7) is 2.65. The molecule has 3 nitrogen and oxygen atoms in total. The van der Waals surface area contributed by atoms with E-state index >= 15 is 0 Å². The van der Waals surface area contributed by atoms with E-state index in [0.29, 0.717) is 12.2 Å². The van der Waals surface area contributed by atoms with Crippen molar-refractivity contribution in [3.8, 4) is 23.8 Å². The second kappa shape index (κ2) is 10.1. The molecule has 0 radical (unpaired) electrons. The number of hydrogen-bond acceptors (Lipinski definition) is 3. The third-order valence-electron chi connectivity index (χ3n) is 4.03. The van der Waals surface area contributed by atoms with Gasteiger partial charge >= 0.3 is 0 Å². The molecule has 0 unspecified atom stereocenters. The van der Waals surface area contributed by atoms with Gasteiger partial charge in [-0.3, -0.25) is 4.79 Å². The van der Waals surface area contributed by atoms with Gasteiger partial charge in [-0.05, 0) is 60.7 Å². The number of terminal acetylenes is 1. The minimum atomic E-state index is -0.216. The number of aryl methyl sites for hydroxylation is 1. The van der Waals surface area contributed by atoms with Crippen LogP contribution in [0.5, 0.6) is 11.5 Å². The SMILES string of the molecule is C#CCCCCOc1ccc(/C=C/C(=O)c2cc(CC)ccc2O)cc1. The Labute approximate surface area is 155 Å². The average molecular weight is 348 g/mol. The van der Waals surface area contributed by atoms with Crippen LogP contribution in [0.2, 0.25) is 0 Å². The van der Waals surface area contributed by atoms with Gasteiger partial charge in [0.05, 0.1) is 12.2 Å². The largest absolute Gasteiger partial charge is 0.507 e. The molecule has 26 heavy (non-hydrogen) atoms. The molecule has 3 heteroatoms. The van der Waals surface area contributed by atoms with Gasteiger partial charge < -0.3 is 9.84 Å². The molecule has 0 fully saturated rings. The fourth-order valence-electron chi connectivity index (χ4n) is 2.46. The predicted molar refractivity (Wildman–Crippen MR) is 105 cm³/mol. The van der Waals surface area contributed by atoms with Gasteiger partial charge in [-0.15, -0.1) is 12.3 Å². The molecule has 0 spiro atoms. The zero-order chi connectivity index (χ0) is 18.8. The molecule has 2 rings (SSSR count). The second-order valence-electron chi connectivity index (χ2n) is 5.98. The highest BCUT2D eigenvalue weighted by molar-refractivity contribution is 6.08. The third-order valence-corrected chi connectivity index (χ3v) is 4.03. The molecular weight excluding hydrogens is 324 g/mol. The maximum Gasteiger partial charge on any atom is 0.189 e. The topological polar surface area (TPSA) is 46.5 Å². The van der Waals surface area contributed by atoms with Gasteiger partial charge in [-0.1, -0.05) is 31.2 Å². The van der Waals surface area contributed by atoms with Crippen LogP contribution in [0.3, 0.4) is 0 Å². The zero-order valence-corrected chi connectivity index (χ0v) is 15.1. The van der Waals surface area contributed by atoms with Crippen molar-refractivity contribution < 1.29 is 14.6 Å². The molecule has 0 saturated carbocycles. The summed E-state index contributed by atoms with van der Waals surface area (Å²) in [5, 5.41) is 9.89. The molecule has 0 aliphatic rings. The number of rotatable bonds is 9. The molecule has 0 saturated heterocycles. The number of unbranched alkanes of at least 4 members (excludes halogenated alkanes) is 2. The fraction of sp³-hybridized carbons (Fsp3) is 0.261. The summed E-state index contributed by atoms with van der Waals surface area (Å²) in [7, 11) is 0. The van der Waals surface area contributed by atoms with Crippen LogP contribution in [0.25, 0.3) is 6.08 Å². The van der Waals surface area contributed by atoms with Gasteiger partial charge in [0, 0.05) is 6.42 Å². The summed E-state index contributed by atoms with van der Waals surface area (Å²) in [5.74, 6) is 3.20. The predicted octanol–water partition coefficient (Wildman–Crippen LogP) is 5.03. The number of hydrogen-bond donors (Lipinski definition) is 1. The molecule has 0 aliphatic carbocycles. The Morgan fingerprint density at radius 1 is 1.19 bits per heavy atom. The number of phenols is 1. The molecule has 134 valence electrons. The molecule has 0 aliphatic heterocycles. The van der Waals surface area contributed by atoms with Crippen molar-refractivity contribution in [2.24, 2.45) is 0 Å². The van der Waals surface area contributed by atoms with Crippen LogP contribution in [0, 0.1) is 12.3 Å². The van der Waals surface area contributed by atoms with Crippen LogP contribution in [0.4, 0.5) is 0 Å². The van der Waals surface area contributed by atoms with Gasteiger partial charge in [0.25, 0.3) is 0 Å². The second-order valence-corrected chi connectivity index (χ2v) is 5.98. The molecular formula is C23H24O3. The smallest absolute Gasteiger partial charge is 0.189 e. The standard InChI is InChI=1S/C23H24O3/c1-3-5-6-7-16-26-20-12-8-19(9-13-20)11-15-23(25)21-17-18(4-2)10-14-22(21)24/h1,8-15,17,24H,4-7,16H2,2H3/b15-11+. The number of carbonyl (C=O) groups is 1. The minimum absolute atomic E-state index is 0.00503. The lowest BCUT2D eigenvalue weighted by Crippen LogP contribution is -1.97. The van der Waals surface area contributed by atoms with Crippen molar-refractivity contribution in [3.05, 3.63) is 65.2 Å². The number of allylic oxidation sites excluding steroid dienone is 1. The lowest BCUT2D eigenvalue weighted by atomic mass is 10.0. The van der Waals surface area contributed by atoms with Crippen LogP contribution in [0.15, 0.2) is 48.5 Å². The van der Waals surface area contributed by atoms with E-state index in [1.165, 1.54) is 6.08 Å². The molecule has 1 N–H and O–H groups in total. The number of aromatic hydroxyl groups is 1. The van der Waals surface area contributed by atoms with Crippen LogP contribution in [0.1, 0.15) is 47.7 Å². The van der Waals surface area contributed by atoms with Gasteiger partial charge in [-0.25, -0.2) is 0 Å². The Hall–Kier alpha value is -2.99. The first kappa shape index (κ1) is 19.3. The number of carbonyl (C=O) groups excluding carboxylic acids is 1. The Balaban J connectivity index is 1.94. The average Bonchev–Trinajstić information content (AvgIpc) is 2.67. The Bertz CT molecular complexity index is 795. The summed E-state index contributed by atoms with van der Waals surface area (Å²) < 4.78 is 5.65. The van der Waals surface area contributed by atoms with Crippen LogP contribution in [-0.4, -0.2) is 17.5 Å². The molecule has 0 heterocycles. The first-order valence-electron chi connectivity index (χ1n) is 8.84. The summed E-state index contributed by atoms with van der Waals surface area (Å²) in [6.07, 6.45) is 11.9. The number of ether oxygens (including phenoxy) is 1. The number of phenolic OH excluding ortho intramolecular Hbond substituents is 1. The lowest BCUT2D eigenvalue weighted by Gasteiger charge is -2.05. The van der Waals surface area contributed by atoms with Crippen LogP contribution < -0.4 is 4.74 Å². The van der Waals surface area contributed by atoms with E-state index in [1.54, 1.807) is 18.2 Å². The van der Waals surface area contributed by atoms with Crippen molar-refractivity contribution in [3.63, 3.8) is 0 Å². The van der Waals surface area contributed by atoms with E-state index in [2.05, 4.69) is 5.92 Å². The molecule has 0 bridgehead atoms. The first-order chi connectivity index (χ1) is 12.6. The summed E-state index contributed by atoms with van der Waals surface area (Å²) in [6, 6.07) is 12.7. The highest BCUT2D eigenvalue weighted by atomic mass is 16.5. The number of ketones is 1. The molecule has 0 atom stereocenters. The molecule has 2 aromatic carbocycles. The van der Waals surface area contributed by atoms with Crippen molar-refractivity contribution in [1.82, 2.24) is 0 Å². The van der Waals surface area contributed by atoms with Gasteiger partial charge in [0.15, 0.2) is 5.78 Å². The van der Waals surface area contributed by atoms with E-state index in [9.17, 15) is 9.90 Å². The van der Waals surface area contributed by atoms with Crippen molar-refractivity contribution >= 4 is 11.9 Å².